The number of nitrogens with zero attached hydrogens (tertiary/aromatic N) is 6. The van der Waals surface area contributed by atoms with Crippen LogP contribution in [0, 0.1) is 20.8 Å². The Bertz CT molecular complexity index is 9320. The molecule has 0 unspecified atom stereocenters. The van der Waals surface area contributed by atoms with Gasteiger partial charge in [-0.05, 0) is 281 Å². The number of para-hydroxylation sites is 6. The van der Waals surface area contributed by atoms with E-state index in [1.54, 1.807) is 0 Å². The number of benzene rings is 21. The smallest absolute Gasteiger partial charge is 0.0541 e. The van der Waals surface area contributed by atoms with Crippen LogP contribution in [-0.4, -0.2) is 27.4 Å². The van der Waals surface area contributed by atoms with Crippen LogP contribution >= 0.6 is 0 Å². The monoisotopic (exact) mass is 1720 g/mol. The lowest BCUT2D eigenvalue weighted by molar-refractivity contribution is 1.17. The molecule has 0 saturated heterocycles. The Labute approximate surface area is 782 Å². The first-order valence-corrected chi connectivity index (χ1v) is 46.6. The average molecular weight is 1720 g/mol. The van der Waals surface area contributed by atoms with Crippen molar-refractivity contribution in [2.75, 3.05) is 0 Å². The summed E-state index contributed by atoms with van der Waals surface area (Å²) < 4.78 is 14.4. The van der Waals surface area contributed by atoms with Gasteiger partial charge < -0.3 is 27.4 Å². The summed E-state index contributed by atoms with van der Waals surface area (Å²) in [4.78, 5) is 0. The fourth-order valence-electron chi connectivity index (χ4n) is 21.2. The van der Waals surface area contributed by atoms with Gasteiger partial charge >= 0.3 is 0 Å². The molecule has 0 aliphatic carbocycles. The summed E-state index contributed by atoms with van der Waals surface area (Å²) >= 11 is 0. The van der Waals surface area contributed by atoms with E-state index in [1.165, 1.54) is 248 Å². The van der Waals surface area contributed by atoms with Gasteiger partial charge in [0.1, 0.15) is 0 Å². The quantitative estimate of drug-likeness (QED) is 0.117. The predicted molar refractivity (Wildman–Crippen MR) is 572 cm³/mol. The number of aromatic nitrogens is 6. The second-order valence-corrected chi connectivity index (χ2v) is 35.8. The van der Waals surface area contributed by atoms with E-state index in [0.717, 1.165) is 0 Å². The van der Waals surface area contributed by atoms with E-state index < -0.39 is 0 Å². The number of aryl methyl sites for hydroxylation is 3. The van der Waals surface area contributed by atoms with Crippen molar-refractivity contribution in [3.63, 3.8) is 0 Å². The van der Waals surface area contributed by atoms with Crippen molar-refractivity contribution in [1.82, 2.24) is 27.4 Å². The zero-order chi connectivity index (χ0) is 89.7. The summed E-state index contributed by atoms with van der Waals surface area (Å²) in [6.07, 6.45) is 0. The first kappa shape index (κ1) is 79.6. The van der Waals surface area contributed by atoms with Crippen molar-refractivity contribution < 1.29 is 0 Å². The highest BCUT2D eigenvalue weighted by molar-refractivity contribution is 6.17. The van der Waals surface area contributed by atoms with Crippen LogP contribution < -0.4 is 0 Å². The summed E-state index contributed by atoms with van der Waals surface area (Å²) in [5, 5.41) is 15.2. The highest BCUT2D eigenvalue weighted by Crippen LogP contribution is 2.45. The first-order chi connectivity index (χ1) is 66.7. The van der Waals surface area contributed by atoms with Crippen LogP contribution in [-0.2, 0) is 0 Å². The Balaban J connectivity index is 0.000000108. The van der Waals surface area contributed by atoms with Crippen molar-refractivity contribution in [2.45, 2.75) is 20.8 Å². The van der Waals surface area contributed by atoms with Gasteiger partial charge in [0.25, 0.3) is 0 Å². The molecule has 0 radical (unpaired) electrons. The molecule has 27 rings (SSSR count). The average Bonchev–Trinajstić information content (AvgIpc) is 1.58. The second-order valence-electron chi connectivity index (χ2n) is 35.8. The molecule has 6 aromatic heterocycles. The topological polar surface area (TPSA) is 29.6 Å². The maximum absolute atomic E-state index is 2.41. The van der Waals surface area contributed by atoms with Crippen LogP contribution in [0.5, 0.6) is 0 Å². The molecule has 6 nitrogen and oxygen atoms in total. The first-order valence-electron chi connectivity index (χ1n) is 46.6. The normalized spacial score (nSPS) is 11.7. The molecule has 6 heterocycles. The molecular formula is C129H90N6. The number of fused-ring (bicyclic) bond motifs is 18. The van der Waals surface area contributed by atoms with Gasteiger partial charge in [-0.1, -0.05) is 314 Å². The Morgan fingerprint density at radius 3 is 0.600 bits per heavy atom. The second kappa shape index (κ2) is 33.1. The Morgan fingerprint density at radius 1 is 0.104 bits per heavy atom. The van der Waals surface area contributed by atoms with Gasteiger partial charge in [-0.25, -0.2) is 0 Å². The highest BCUT2D eigenvalue weighted by atomic mass is 15.0. The van der Waals surface area contributed by atoms with Gasteiger partial charge in [0.15, 0.2) is 0 Å². The van der Waals surface area contributed by atoms with Crippen molar-refractivity contribution in [2.24, 2.45) is 0 Å². The summed E-state index contributed by atoms with van der Waals surface area (Å²) in [5.74, 6) is 0. The van der Waals surface area contributed by atoms with Gasteiger partial charge in [-0.15, -0.1) is 0 Å². The molecule has 0 aliphatic heterocycles. The molecule has 0 aliphatic rings. The molecule has 0 fully saturated rings. The van der Waals surface area contributed by atoms with Gasteiger partial charge in [-0.3, -0.25) is 0 Å². The fraction of sp³-hybridized carbons (Fsp3) is 0.0233. The van der Waals surface area contributed by atoms with E-state index in [9.17, 15) is 0 Å². The summed E-state index contributed by atoms with van der Waals surface area (Å²) in [6, 6.07) is 179. The van der Waals surface area contributed by atoms with Gasteiger partial charge in [0.2, 0.25) is 0 Å². The number of rotatable bonds is 12. The lowest BCUT2D eigenvalue weighted by atomic mass is 10.0. The van der Waals surface area contributed by atoms with Crippen molar-refractivity contribution >= 4 is 131 Å². The van der Waals surface area contributed by atoms with E-state index in [0.29, 0.717) is 0 Å². The van der Waals surface area contributed by atoms with Crippen molar-refractivity contribution in [3.8, 4) is 101 Å². The summed E-state index contributed by atoms with van der Waals surface area (Å²) in [6.45, 7) is 6.47. The molecule has 0 saturated carbocycles. The molecule has 0 bridgehead atoms. The van der Waals surface area contributed by atoms with Crippen molar-refractivity contribution in [1.29, 1.82) is 0 Å². The van der Waals surface area contributed by atoms with Crippen LogP contribution in [0.4, 0.5) is 0 Å². The third-order valence-corrected chi connectivity index (χ3v) is 27.5. The molecule has 0 atom stereocenters. The summed E-state index contributed by atoms with van der Waals surface area (Å²) in [5.41, 5.74) is 40.1. The zero-order valence-electron chi connectivity index (χ0n) is 74.9. The van der Waals surface area contributed by atoms with Crippen LogP contribution in [0.15, 0.2) is 491 Å². The minimum absolute atomic E-state index is 1.17. The maximum atomic E-state index is 2.41. The van der Waals surface area contributed by atoms with Crippen LogP contribution in [0.2, 0.25) is 0 Å². The molecule has 0 N–H and O–H groups in total. The zero-order valence-corrected chi connectivity index (χ0v) is 74.9. The van der Waals surface area contributed by atoms with Crippen LogP contribution in [0.25, 0.3) is 232 Å². The Morgan fingerprint density at radius 2 is 0.296 bits per heavy atom. The fourth-order valence-corrected chi connectivity index (χ4v) is 21.2. The molecular weight excluding hydrogens is 1630 g/mol. The highest BCUT2D eigenvalue weighted by Gasteiger charge is 2.23. The maximum Gasteiger partial charge on any atom is 0.0541 e. The van der Waals surface area contributed by atoms with E-state index >= 15 is 0 Å². The third kappa shape index (κ3) is 14.0. The Kier molecular flexibility index (Phi) is 19.5. The number of hydrogen-bond donors (Lipinski definition) is 0. The lowest BCUT2D eigenvalue weighted by Crippen LogP contribution is -1.94. The van der Waals surface area contributed by atoms with E-state index in [4.69, 9.17) is 0 Å². The van der Waals surface area contributed by atoms with E-state index in [2.05, 4.69) is 540 Å². The summed E-state index contributed by atoms with van der Waals surface area (Å²) in [7, 11) is 0. The molecule has 0 amide bonds. The largest absolute Gasteiger partial charge is 0.309 e. The van der Waals surface area contributed by atoms with Crippen LogP contribution in [0.3, 0.4) is 0 Å². The third-order valence-electron chi connectivity index (χ3n) is 27.5. The van der Waals surface area contributed by atoms with E-state index in [1.807, 2.05) is 0 Å². The molecule has 21 aromatic carbocycles. The van der Waals surface area contributed by atoms with Gasteiger partial charge in [0.05, 0.1) is 66.2 Å². The SMILES string of the molecule is Cc1ccc(-n2c3ccccc3c3cc(-c4ccc5c(c4)c4ccccc4n5-c4cccc(-c5ccccc5)c4)ccc32)cc1.Cc1ccc2c(c1)c1cc(-c3ccc4c(c3)c3ccccc3n4-c3ccccc3)ccc1n2-c1cccc(-c2ccccc2)c1.Cc1cccc(-n2c3ccccc3c3cc(-c4ccc5c(c4)c4ccccc4n5-c4cccc(-c5ccccc5)c4)ccc32)c1. The molecule has 0 spiro atoms. The molecule has 636 valence electrons. The number of hydrogen-bond acceptors (Lipinski definition) is 0. The minimum atomic E-state index is 1.17. The standard InChI is InChI=1S/3C43H30N2/c1-29-19-22-41-37(25-29)39-28-33(21-24-43(39)45(41)35-16-10-13-31(26-35)30-11-4-2-5-12-30)32-20-23-42-38(27-32)36-17-8-9-18-40(36)44(42)34-14-6-3-7-15-34;1-29-11-9-15-34(25-29)44-40-19-7-5-17-36(40)38-27-32(21-23-42(38)44)33-22-24-43-39(28-33)37-18-6-8-20-41(37)45(43)35-16-10-14-31(26-35)30-12-3-2-4-13-30;1-29-18-22-34(23-19-29)44-40-16-7-5-14-36(40)38-27-32(20-24-42(38)44)33-21-25-43-39(28-33)37-15-6-8-17-41(37)45(43)35-13-9-12-31(26-35)30-10-3-2-4-11-30/h3*2-28H,1H3. The van der Waals surface area contributed by atoms with Crippen LogP contribution in [0.1, 0.15) is 16.7 Å². The van der Waals surface area contributed by atoms with Crippen molar-refractivity contribution in [3.05, 3.63) is 508 Å². The lowest BCUT2D eigenvalue weighted by Gasteiger charge is -2.11. The Hall–Kier alpha value is -17.6. The van der Waals surface area contributed by atoms with Gasteiger partial charge in [0, 0.05) is 98.8 Å². The molecule has 27 aromatic rings. The molecule has 135 heavy (non-hydrogen) atoms. The van der Waals surface area contributed by atoms with Gasteiger partial charge in [-0.2, -0.15) is 0 Å². The molecule has 6 heteroatoms. The van der Waals surface area contributed by atoms with E-state index in [-0.39, 0.29) is 0 Å². The minimum Gasteiger partial charge on any atom is -0.309 e. The predicted octanol–water partition coefficient (Wildman–Crippen LogP) is 34.6.